The highest BCUT2D eigenvalue weighted by Crippen LogP contribution is 2.36. The molecular weight excluding hydrogens is 342 g/mol. The van der Waals surface area contributed by atoms with Gasteiger partial charge < -0.3 is 0 Å². The van der Waals surface area contributed by atoms with Crippen molar-refractivity contribution in [1.82, 2.24) is 0 Å². The minimum absolute atomic E-state index is 0.465. The van der Waals surface area contributed by atoms with Crippen LogP contribution in [0.4, 0.5) is 0 Å². The van der Waals surface area contributed by atoms with E-state index in [0.717, 1.165) is 0 Å². The Morgan fingerprint density at radius 2 is 1.21 bits per heavy atom. The van der Waals surface area contributed by atoms with Gasteiger partial charge in [0.25, 0.3) is 0 Å². The first-order valence-electron chi connectivity index (χ1n) is 8.35. The Hall–Kier alpha value is -1.26. The zero-order valence-corrected chi connectivity index (χ0v) is 17.6. The molecule has 122 valence electrons. The van der Waals surface area contributed by atoms with Crippen molar-refractivity contribution in [2.75, 3.05) is 0 Å². The van der Waals surface area contributed by atoms with Crippen molar-refractivity contribution in [3.05, 3.63) is 78.4 Å². The first-order valence-corrected chi connectivity index (χ1v) is 14.1. The van der Waals surface area contributed by atoms with Crippen molar-refractivity contribution in [1.29, 1.82) is 0 Å². The minimum atomic E-state index is -1.28. The second kappa shape index (κ2) is 7.32. The van der Waals surface area contributed by atoms with Crippen LogP contribution < -0.4 is 20.6 Å². The quantitative estimate of drug-likeness (QED) is 0.456. The van der Waals surface area contributed by atoms with Crippen LogP contribution in [0, 0.1) is 6.92 Å². The Balaban J connectivity index is 2.20. The summed E-state index contributed by atoms with van der Waals surface area (Å²) in [6.07, 6.45) is 0. The van der Waals surface area contributed by atoms with Crippen LogP contribution in [0.25, 0.3) is 0 Å². The molecule has 0 spiro atoms. The van der Waals surface area contributed by atoms with Gasteiger partial charge in [0.15, 0.2) is 0 Å². The lowest BCUT2D eigenvalue weighted by Crippen LogP contribution is -2.37. The van der Waals surface area contributed by atoms with Crippen LogP contribution in [-0.2, 0) is 0 Å². The van der Waals surface area contributed by atoms with Crippen LogP contribution in [0.2, 0.25) is 19.6 Å². The molecule has 0 fully saturated rings. The molecule has 0 aliphatic carbocycles. The second-order valence-electron chi connectivity index (χ2n) is 7.09. The zero-order chi connectivity index (χ0) is 17.2. The standard InChI is InChI=1S/C21H24P2Si/c1-17-15-16-20(24(2,3)4)22-21(17)23(18-11-7-5-8-12-18)19-13-9-6-10-14-19/h5-16H,1-4H3. The lowest BCUT2D eigenvalue weighted by molar-refractivity contribution is 1.56. The maximum absolute atomic E-state index is 2.45. The monoisotopic (exact) mass is 366 g/mol. The highest BCUT2D eigenvalue weighted by Gasteiger charge is 2.23. The van der Waals surface area contributed by atoms with E-state index >= 15 is 0 Å². The summed E-state index contributed by atoms with van der Waals surface area (Å²) in [6, 6.07) is 26.8. The molecule has 0 aliphatic rings. The molecule has 0 radical (unpaired) electrons. The summed E-state index contributed by atoms with van der Waals surface area (Å²) in [4.78, 5) is 1.64. The molecule has 1 aromatic heterocycles. The Morgan fingerprint density at radius 1 is 0.708 bits per heavy atom. The van der Waals surface area contributed by atoms with Gasteiger partial charge >= 0.3 is 0 Å². The van der Waals surface area contributed by atoms with Gasteiger partial charge in [0.05, 0.1) is 8.07 Å². The Bertz CT molecular complexity index is 769. The van der Waals surface area contributed by atoms with Gasteiger partial charge in [0.2, 0.25) is 0 Å². The molecule has 0 amide bonds. The van der Waals surface area contributed by atoms with Crippen LogP contribution in [0.5, 0.6) is 0 Å². The minimum Gasteiger partial charge on any atom is -0.0680 e. The lowest BCUT2D eigenvalue weighted by atomic mass is 10.4. The van der Waals surface area contributed by atoms with E-state index in [2.05, 4.69) is 99.4 Å². The van der Waals surface area contributed by atoms with Crippen LogP contribution in [0.3, 0.4) is 0 Å². The number of aryl methyl sites for hydroxylation is 1. The SMILES string of the molecule is Cc1ccc([Si](C)(C)C)pc1P(c1ccccc1)c1ccccc1. The Labute approximate surface area is 149 Å². The molecule has 2 aromatic carbocycles. The van der Waals surface area contributed by atoms with E-state index in [4.69, 9.17) is 0 Å². The van der Waals surface area contributed by atoms with Crippen LogP contribution in [-0.4, -0.2) is 8.07 Å². The van der Waals surface area contributed by atoms with Crippen molar-refractivity contribution in [3.63, 3.8) is 0 Å². The smallest absolute Gasteiger partial charge is 0.0680 e. The topological polar surface area (TPSA) is 0 Å². The number of hydrogen-bond donors (Lipinski definition) is 0. The predicted molar refractivity (Wildman–Crippen MR) is 115 cm³/mol. The molecule has 0 aliphatic heterocycles. The van der Waals surface area contributed by atoms with Gasteiger partial charge in [-0.25, -0.2) is 0 Å². The molecule has 3 heteroatoms. The highest BCUT2D eigenvalue weighted by molar-refractivity contribution is 7.86. The molecule has 0 atom stereocenters. The molecule has 3 rings (SSSR count). The summed E-state index contributed by atoms with van der Waals surface area (Å²) in [6.45, 7) is 9.63. The van der Waals surface area contributed by atoms with Crippen molar-refractivity contribution in [3.8, 4) is 0 Å². The van der Waals surface area contributed by atoms with Crippen LogP contribution in [0.1, 0.15) is 5.56 Å². The fraction of sp³-hybridized carbons (Fsp3) is 0.190. The molecule has 24 heavy (non-hydrogen) atoms. The largest absolute Gasteiger partial charge is 0.0835 e. The van der Waals surface area contributed by atoms with E-state index in [1.54, 1.807) is 9.95 Å². The van der Waals surface area contributed by atoms with E-state index in [9.17, 15) is 0 Å². The molecule has 0 nitrogen and oxygen atoms in total. The van der Waals surface area contributed by atoms with Gasteiger partial charge in [-0.05, 0) is 35.9 Å². The van der Waals surface area contributed by atoms with Crippen molar-refractivity contribution >= 4 is 44.8 Å². The van der Waals surface area contributed by atoms with E-state index in [-0.39, 0.29) is 0 Å². The third kappa shape index (κ3) is 3.86. The highest BCUT2D eigenvalue weighted by atomic mass is 31.1. The normalized spacial score (nSPS) is 12.0. The average Bonchev–Trinajstić information content (AvgIpc) is 2.58. The van der Waals surface area contributed by atoms with Gasteiger partial charge in [-0.2, -0.15) is 0 Å². The van der Waals surface area contributed by atoms with Gasteiger partial charge in [-0.3, -0.25) is 0 Å². The summed E-state index contributed by atoms with van der Waals surface area (Å²) in [5, 5.41) is 4.50. The molecule has 3 aromatic rings. The number of hydrogen-bond acceptors (Lipinski definition) is 0. The lowest BCUT2D eigenvalue weighted by Gasteiger charge is -2.24. The van der Waals surface area contributed by atoms with E-state index in [1.165, 1.54) is 24.4 Å². The van der Waals surface area contributed by atoms with Gasteiger partial charge in [-0.1, -0.05) is 101 Å². The second-order valence-corrected chi connectivity index (χ2v) is 16.2. The first kappa shape index (κ1) is 17.6. The number of benzene rings is 2. The summed E-state index contributed by atoms with van der Waals surface area (Å²) in [7, 11) is -0.301. The molecule has 0 N–H and O–H groups in total. The predicted octanol–water partition coefficient (Wildman–Crippen LogP) is 4.88. The maximum atomic E-state index is 2.45. The van der Waals surface area contributed by atoms with Crippen LogP contribution in [0.15, 0.2) is 72.8 Å². The molecule has 0 bridgehead atoms. The number of rotatable bonds is 4. The molecule has 0 saturated heterocycles. The van der Waals surface area contributed by atoms with Crippen molar-refractivity contribution in [2.45, 2.75) is 26.6 Å². The first-order chi connectivity index (χ1) is 11.5. The molecule has 0 unspecified atom stereocenters. The fourth-order valence-electron chi connectivity index (χ4n) is 2.71. The summed E-state index contributed by atoms with van der Waals surface area (Å²) >= 11 is 0. The van der Waals surface area contributed by atoms with Crippen LogP contribution >= 0.6 is 16.1 Å². The Kier molecular flexibility index (Phi) is 5.35. The maximum Gasteiger partial charge on any atom is 0.0835 e. The van der Waals surface area contributed by atoms with E-state index in [0.29, 0.717) is 0 Å². The summed E-state index contributed by atoms with van der Waals surface area (Å²) in [5.41, 5.74) is 1.44. The third-order valence-electron chi connectivity index (χ3n) is 4.08. The van der Waals surface area contributed by atoms with Crippen molar-refractivity contribution in [2.24, 2.45) is 0 Å². The Morgan fingerprint density at radius 3 is 1.67 bits per heavy atom. The average molecular weight is 366 g/mol. The summed E-state index contributed by atoms with van der Waals surface area (Å²) < 4.78 is 0. The molecular formula is C21H24P2Si. The third-order valence-corrected chi connectivity index (χ3v) is 12.4. The fourth-order valence-corrected chi connectivity index (χ4v) is 9.45. The summed E-state index contributed by atoms with van der Waals surface area (Å²) in [5.74, 6) is 0. The van der Waals surface area contributed by atoms with Gasteiger partial charge in [0.1, 0.15) is 0 Å². The molecule has 1 heterocycles. The van der Waals surface area contributed by atoms with E-state index < -0.39 is 16.0 Å². The van der Waals surface area contributed by atoms with Crippen molar-refractivity contribution < 1.29 is 0 Å². The van der Waals surface area contributed by atoms with E-state index in [1.807, 2.05) is 0 Å². The molecule has 0 saturated carbocycles. The van der Waals surface area contributed by atoms with Gasteiger partial charge in [-0.15, -0.1) is 0 Å². The zero-order valence-electron chi connectivity index (χ0n) is 14.8. The van der Waals surface area contributed by atoms with Gasteiger partial charge in [0, 0.05) is 5.04 Å².